The average Bonchev–Trinajstić information content (AvgIpc) is 2.91. The highest BCUT2D eigenvalue weighted by Gasteiger charge is 2.15. The first kappa shape index (κ1) is 11.3. The van der Waals surface area contributed by atoms with Gasteiger partial charge in [0.05, 0.1) is 7.11 Å². The highest BCUT2D eigenvalue weighted by Crippen LogP contribution is 2.31. The molecule has 1 aliphatic carbocycles. The van der Waals surface area contributed by atoms with Crippen molar-refractivity contribution in [1.29, 1.82) is 0 Å². The Bertz CT molecular complexity index is 547. The molecule has 1 N–H and O–H groups in total. The van der Waals surface area contributed by atoms with Crippen molar-refractivity contribution in [2.24, 2.45) is 0 Å². The largest absolute Gasteiger partial charge is 0.481 e. The normalized spacial score (nSPS) is 16.1. The third-order valence-electron chi connectivity index (χ3n) is 3.68. The third-order valence-corrected chi connectivity index (χ3v) is 3.68. The van der Waals surface area contributed by atoms with Gasteiger partial charge < -0.3 is 10.1 Å². The molecule has 0 aliphatic heterocycles. The van der Waals surface area contributed by atoms with E-state index in [2.05, 4.69) is 34.6 Å². The van der Waals surface area contributed by atoms with Crippen molar-refractivity contribution in [3.8, 4) is 5.88 Å². The molecular formula is C15H18N2O. The quantitative estimate of drug-likeness (QED) is 0.893. The Balaban J connectivity index is 2.01. The average molecular weight is 242 g/mol. The van der Waals surface area contributed by atoms with E-state index in [9.17, 15) is 0 Å². The lowest BCUT2D eigenvalue weighted by molar-refractivity contribution is 0.403. The molecule has 0 atom stereocenters. The van der Waals surface area contributed by atoms with Crippen LogP contribution < -0.4 is 10.1 Å². The SMILES string of the molecule is COc1nccc2c(NC3CCCC3)cccc12. The van der Waals surface area contributed by atoms with Gasteiger partial charge in [0.1, 0.15) is 0 Å². The van der Waals surface area contributed by atoms with Crippen LogP contribution in [-0.4, -0.2) is 18.1 Å². The smallest absolute Gasteiger partial charge is 0.221 e. The van der Waals surface area contributed by atoms with E-state index in [1.54, 1.807) is 13.3 Å². The Hall–Kier alpha value is -1.77. The number of nitrogens with one attached hydrogen (secondary N) is 1. The van der Waals surface area contributed by atoms with Gasteiger partial charge in [0.15, 0.2) is 0 Å². The fourth-order valence-corrected chi connectivity index (χ4v) is 2.76. The Morgan fingerprint density at radius 2 is 2.00 bits per heavy atom. The zero-order valence-corrected chi connectivity index (χ0v) is 10.6. The van der Waals surface area contributed by atoms with Crippen LogP contribution in [0.4, 0.5) is 5.69 Å². The summed E-state index contributed by atoms with van der Waals surface area (Å²) in [6, 6.07) is 8.93. The van der Waals surface area contributed by atoms with Gasteiger partial charge in [-0.25, -0.2) is 4.98 Å². The molecule has 1 saturated carbocycles. The number of ether oxygens (including phenoxy) is 1. The molecule has 0 bridgehead atoms. The van der Waals surface area contributed by atoms with Crippen LogP contribution in [0.5, 0.6) is 5.88 Å². The molecule has 18 heavy (non-hydrogen) atoms. The van der Waals surface area contributed by atoms with Crippen molar-refractivity contribution in [2.45, 2.75) is 31.7 Å². The lowest BCUT2D eigenvalue weighted by Crippen LogP contribution is -2.14. The predicted molar refractivity (Wildman–Crippen MR) is 74.2 cm³/mol. The molecule has 1 aliphatic rings. The van der Waals surface area contributed by atoms with Crippen LogP contribution in [0.15, 0.2) is 30.5 Å². The molecule has 94 valence electrons. The molecule has 0 saturated heterocycles. The maximum Gasteiger partial charge on any atom is 0.221 e. The van der Waals surface area contributed by atoms with E-state index in [0.29, 0.717) is 11.9 Å². The summed E-state index contributed by atoms with van der Waals surface area (Å²) in [4.78, 5) is 4.25. The van der Waals surface area contributed by atoms with Gasteiger partial charge in [0.25, 0.3) is 0 Å². The fraction of sp³-hybridized carbons (Fsp3) is 0.400. The van der Waals surface area contributed by atoms with Crippen molar-refractivity contribution in [3.63, 3.8) is 0 Å². The number of benzene rings is 1. The van der Waals surface area contributed by atoms with E-state index < -0.39 is 0 Å². The first-order valence-corrected chi connectivity index (χ1v) is 6.57. The molecule has 3 nitrogen and oxygen atoms in total. The summed E-state index contributed by atoms with van der Waals surface area (Å²) in [5.41, 5.74) is 1.19. The van der Waals surface area contributed by atoms with E-state index in [0.717, 1.165) is 5.39 Å². The first-order valence-electron chi connectivity index (χ1n) is 6.57. The van der Waals surface area contributed by atoms with Gasteiger partial charge in [0, 0.05) is 28.7 Å². The van der Waals surface area contributed by atoms with Gasteiger partial charge in [-0.1, -0.05) is 18.9 Å². The van der Waals surface area contributed by atoms with Crippen LogP contribution in [0.3, 0.4) is 0 Å². The molecule has 1 heterocycles. The second-order valence-electron chi connectivity index (χ2n) is 4.85. The fourth-order valence-electron chi connectivity index (χ4n) is 2.76. The van der Waals surface area contributed by atoms with Crippen LogP contribution in [0.25, 0.3) is 10.8 Å². The van der Waals surface area contributed by atoms with Gasteiger partial charge in [-0.05, 0) is 31.0 Å². The van der Waals surface area contributed by atoms with Crippen LogP contribution in [0, 0.1) is 0 Å². The minimum absolute atomic E-state index is 0.620. The first-order chi connectivity index (χ1) is 8.88. The number of methoxy groups -OCH3 is 1. The topological polar surface area (TPSA) is 34.1 Å². The molecule has 1 aromatic carbocycles. The van der Waals surface area contributed by atoms with Gasteiger partial charge in [-0.3, -0.25) is 0 Å². The lowest BCUT2D eigenvalue weighted by atomic mass is 10.1. The number of anilines is 1. The summed E-state index contributed by atoms with van der Waals surface area (Å²) in [5, 5.41) is 5.92. The maximum absolute atomic E-state index is 5.31. The minimum Gasteiger partial charge on any atom is -0.481 e. The second kappa shape index (κ2) is 4.84. The number of fused-ring (bicyclic) bond motifs is 1. The van der Waals surface area contributed by atoms with Crippen molar-refractivity contribution in [3.05, 3.63) is 30.5 Å². The molecule has 0 amide bonds. The van der Waals surface area contributed by atoms with Gasteiger partial charge in [0.2, 0.25) is 5.88 Å². The summed E-state index contributed by atoms with van der Waals surface area (Å²) in [5.74, 6) is 0.697. The number of pyridine rings is 1. The summed E-state index contributed by atoms with van der Waals surface area (Å²) >= 11 is 0. The van der Waals surface area contributed by atoms with Crippen molar-refractivity contribution >= 4 is 16.5 Å². The summed E-state index contributed by atoms with van der Waals surface area (Å²) in [7, 11) is 1.67. The molecule has 3 rings (SSSR count). The number of nitrogens with zero attached hydrogens (tertiary/aromatic N) is 1. The number of hydrogen-bond donors (Lipinski definition) is 1. The summed E-state index contributed by atoms with van der Waals surface area (Å²) in [6.07, 6.45) is 7.04. The van der Waals surface area contributed by atoms with E-state index in [-0.39, 0.29) is 0 Å². The summed E-state index contributed by atoms with van der Waals surface area (Å²) in [6.45, 7) is 0. The van der Waals surface area contributed by atoms with Crippen LogP contribution in [0.1, 0.15) is 25.7 Å². The maximum atomic E-state index is 5.31. The Labute approximate surface area is 107 Å². The molecular weight excluding hydrogens is 224 g/mol. The van der Waals surface area contributed by atoms with E-state index in [4.69, 9.17) is 4.74 Å². The monoisotopic (exact) mass is 242 g/mol. The standard InChI is InChI=1S/C15H18N2O/c1-18-15-13-7-4-8-14(12(13)9-10-16-15)17-11-5-2-3-6-11/h4,7-11,17H,2-3,5-6H2,1H3. The highest BCUT2D eigenvalue weighted by molar-refractivity contribution is 5.96. The van der Waals surface area contributed by atoms with E-state index >= 15 is 0 Å². The van der Waals surface area contributed by atoms with Gasteiger partial charge in [-0.15, -0.1) is 0 Å². The molecule has 1 fully saturated rings. The lowest BCUT2D eigenvalue weighted by Gasteiger charge is -2.16. The predicted octanol–water partition coefficient (Wildman–Crippen LogP) is 3.60. The molecule has 0 radical (unpaired) electrons. The van der Waals surface area contributed by atoms with Crippen LogP contribution >= 0.6 is 0 Å². The van der Waals surface area contributed by atoms with Gasteiger partial charge >= 0.3 is 0 Å². The molecule has 2 aromatic rings. The summed E-state index contributed by atoms with van der Waals surface area (Å²) < 4.78 is 5.31. The Morgan fingerprint density at radius 1 is 1.17 bits per heavy atom. The number of aromatic nitrogens is 1. The zero-order chi connectivity index (χ0) is 12.4. The third kappa shape index (κ3) is 2.01. The molecule has 3 heteroatoms. The Kier molecular flexibility index (Phi) is 3.05. The number of rotatable bonds is 3. The van der Waals surface area contributed by atoms with E-state index in [1.807, 2.05) is 0 Å². The molecule has 0 spiro atoms. The van der Waals surface area contributed by atoms with Crippen LogP contribution in [-0.2, 0) is 0 Å². The Morgan fingerprint density at radius 3 is 2.78 bits per heavy atom. The zero-order valence-electron chi connectivity index (χ0n) is 10.6. The van der Waals surface area contributed by atoms with Crippen molar-refractivity contribution in [1.82, 2.24) is 4.98 Å². The van der Waals surface area contributed by atoms with Gasteiger partial charge in [-0.2, -0.15) is 0 Å². The second-order valence-corrected chi connectivity index (χ2v) is 4.85. The van der Waals surface area contributed by atoms with Crippen LogP contribution in [0.2, 0.25) is 0 Å². The van der Waals surface area contributed by atoms with E-state index in [1.165, 1.54) is 36.8 Å². The molecule has 0 unspecified atom stereocenters. The number of hydrogen-bond acceptors (Lipinski definition) is 3. The minimum atomic E-state index is 0.620. The van der Waals surface area contributed by atoms with Crippen molar-refractivity contribution < 1.29 is 4.74 Å². The molecule has 1 aromatic heterocycles. The van der Waals surface area contributed by atoms with Crippen molar-refractivity contribution in [2.75, 3.05) is 12.4 Å². The highest BCUT2D eigenvalue weighted by atomic mass is 16.5.